The van der Waals surface area contributed by atoms with Gasteiger partial charge in [-0.05, 0) is 0 Å². The van der Waals surface area contributed by atoms with Crippen LogP contribution in [0.15, 0.2) is 6.07 Å². The minimum absolute atomic E-state index is 0.268. The SMILES string of the molecule is NCc1nc(F)cc(C(F)F)c1O. The molecule has 3 N–H and O–H groups in total. The lowest BCUT2D eigenvalue weighted by molar-refractivity contribution is 0.146. The minimum atomic E-state index is -2.94. The highest BCUT2D eigenvalue weighted by Gasteiger charge is 2.17. The van der Waals surface area contributed by atoms with Gasteiger partial charge in [-0.1, -0.05) is 0 Å². The molecule has 1 heterocycles. The van der Waals surface area contributed by atoms with Crippen LogP contribution >= 0.6 is 0 Å². The Morgan fingerprint density at radius 3 is 2.62 bits per heavy atom. The summed E-state index contributed by atoms with van der Waals surface area (Å²) in [6.07, 6.45) is -2.94. The number of rotatable bonds is 2. The maximum atomic E-state index is 12.5. The molecule has 0 spiro atoms. The second-order valence-electron chi connectivity index (χ2n) is 2.33. The second-order valence-corrected chi connectivity index (χ2v) is 2.33. The summed E-state index contributed by atoms with van der Waals surface area (Å²) < 4.78 is 36.8. The molecular weight excluding hydrogens is 185 g/mol. The fraction of sp³-hybridized carbons (Fsp3) is 0.286. The van der Waals surface area contributed by atoms with Gasteiger partial charge in [-0.2, -0.15) is 4.39 Å². The zero-order chi connectivity index (χ0) is 10.0. The predicted molar refractivity (Wildman–Crippen MR) is 38.7 cm³/mol. The number of aromatic nitrogens is 1. The lowest BCUT2D eigenvalue weighted by Gasteiger charge is -2.06. The van der Waals surface area contributed by atoms with E-state index in [1.165, 1.54) is 0 Å². The molecule has 0 aliphatic rings. The third kappa shape index (κ3) is 1.89. The third-order valence-corrected chi connectivity index (χ3v) is 1.49. The molecule has 1 rings (SSSR count). The Balaban J connectivity index is 3.27. The normalized spacial score (nSPS) is 10.8. The summed E-state index contributed by atoms with van der Waals surface area (Å²) in [4.78, 5) is 3.16. The molecule has 13 heavy (non-hydrogen) atoms. The van der Waals surface area contributed by atoms with Crippen molar-refractivity contribution in [3.8, 4) is 5.75 Å². The van der Waals surface area contributed by atoms with Gasteiger partial charge in [0.25, 0.3) is 6.43 Å². The molecule has 0 unspecified atom stereocenters. The van der Waals surface area contributed by atoms with Gasteiger partial charge in [-0.25, -0.2) is 13.8 Å². The highest BCUT2D eigenvalue weighted by molar-refractivity contribution is 5.36. The minimum Gasteiger partial charge on any atom is -0.505 e. The zero-order valence-corrected chi connectivity index (χ0v) is 6.47. The topological polar surface area (TPSA) is 59.1 Å². The number of nitrogens with two attached hydrogens (primary N) is 1. The average Bonchev–Trinajstić information content (AvgIpc) is 2.08. The van der Waals surface area contributed by atoms with Crippen molar-refractivity contribution in [3.63, 3.8) is 0 Å². The fourth-order valence-corrected chi connectivity index (χ4v) is 0.886. The quantitative estimate of drug-likeness (QED) is 0.695. The van der Waals surface area contributed by atoms with Crippen molar-refractivity contribution in [2.45, 2.75) is 13.0 Å². The first-order chi connectivity index (χ1) is 6.06. The van der Waals surface area contributed by atoms with Gasteiger partial charge in [0, 0.05) is 12.6 Å². The molecule has 0 bridgehead atoms. The lowest BCUT2D eigenvalue weighted by Crippen LogP contribution is -2.04. The Kier molecular flexibility index (Phi) is 2.72. The molecule has 6 heteroatoms. The smallest absolute Gasteiger partial charge is 0.267 e. The van der Waals surface area contributed by atoms with Gasteiger partial charge >= 0.3 is 0 Å². The van der Waals surface area contributed by atoms with Crippen molar-refractivity contribution in [3.05, 3.63) is 23.3 Å². The van der Waals surface area contributed by atoms with Crippen LogP contribution in [0.4, 0.5) is 13.2 Å². The van der Waals surface area contributed by atoms with Crippen LogP contribution in [0.2, 0.25) is 0 Å². The Morgan fingerprint density at radius 1 is 1.54 bits per heavy atom. The molecular formula is C7H7F3N2O. The van der Waals surface area contributed by atoms with E-state index >= 15 is 0 Å². The first kappa shape index (κ1) is 9.79. The van der Waals surface area contributed by atoms with Crippen LogP contribution in [-0.2, 0) is 6.54 Å². The van der Waals surface area contributed by atoms with Crippen molar-refractivity contribution in [1.29, 1.82) is 0 Å². The number of hydrogen-bond donors (Lipinski definition) is 2. The molecule has 0 fully saturated rings. The van der Waals surface area contributed by atoms with Crippen LogP contribution in [0.5, 0.6) is 5.75 Å². The first-order valence-electron chi connectivity index (χ1n) is 3.42. The molecule has 1 aromatic rings. The number of pyridine rings is 1. The van der Waals surface area contributed by atoms with Gasteiger partial charge in [0.05, 0.1) is 11.3 Å². The number of halogens is 3. The summed E-state index contributed by atoms with van der Waals surface area (Å²) >= 11 is 0. The van der Waals surface area contributed by atoms with Crippen LogP contribution < -0.4 is 5.73 Å². The summed E-state index contributed by atoms with van der Waals surface area (Å²) in [5.74, 6) is -1.81. The van der Waals surface area contributed by atoms with Crippen molar-refractivity contribution < 1.29 is 18.3 Å². The summed E-state index contributed by atoms with van der Waals surface area (Å²) in [5.41, 5.74) is 4.00. The molecule has 0 saturated carbocycles. The van der Waals surface area contributed by atoms with Gasteiger partial charge in [-0.15, -0.1) is 0 Å². The molecule has 0 atom stereocenters. The van der Waals surface area contributed by atoms with Crippen molar-refractivity contribution in [1.82, 2.24) is 4.98 Å². The van der Waals surface area contributed by atoms with Crippen LogP contribution in [0.1, 0.15) is 17.7 Å². The van der Waals surface area contributed by atoms with E-state index in [9.17, 15) is 13.2 Å². The van der Waals surface area contributed by atoms with Crippen molar-refractivity contribution >= 4 is 0 Å². The first-order valence-corrected chi connectivity index (χ1v) is 3.42. The monoisotopic (exact) mass is 192 g/mol. The Hall–Kier alpha value is -1.30. The van der Waals surface area contributed by atoms with E-state index in [0.29, 0.717) is 6.07 Å². The Labute approximate surface area is 72.0 Å². The summed E-state index contributed by atoms with van der Waals surface area (Å²) in [7, 11) is 0. The van der Waals surface area contributed by atoms with E-state index in [-0.39, 0.29) is 12.2 Å². The maximum absolute atomic E-state index is 12.5. The van der Waals surface area contributed by atoms with Crippen LogP contribution in [-0.4, -0.2) is 10.1 Å². The Morgan fingerprint density at radius 2 is 2.15 bits per heavy atom. The number of hydrogen-bond acceptors (Lipinski definition) is 3. The number of nitrogens with zero attached hydrogens (tertiary/aromatic N) is 1. The summed E-state index contributed by atoms with van der Waals surface area (Å²) in [6, 6.07) is 0.485. The highest BCUT2D eigenvalue weighted by atomic mass is 19.3. The zero-order valence-electron chi connectivity index (χ0n) is 6.47. The molecule has 0 aromatic carbocycles. The lowest BCUT2D eigenvalue weighted by atomic mass is 10.2. The molecule has 0 aliphatic carbocycles. The van der Waals surface area contributed by atoms with E-state index in [1.54, 1.807) is 0 Å². The van der Waals surface area contributed by atoms with Gasteiger partial charge in [0.1, 0.15) is 5.75 Å². The van der Waals surface area contributed by atoms with E-state index < -0.39 is 23.7 Å². The second kappa shape index (κ2) is 3.61. The summed E-state index contributed by atoms with van der Waals surface area (Å²) in [5, 5.41) is 9.09. The molecule has 0 radical (unpaired) electrons. The summed E-state index contributed by atoms with van der Waals surface area (Å²) in [6.45, 7) is -0.288. The largest absolute Gasteiger partial charge is 0.505 e. The molecule has 1 aromatic heterocycles. The van der Waals surface area contributed by atoms with Gasteiger partial charge < -0.3 is 10.8 Å². The van der Waals surface area contributed by atoms with E-state index in [1.807, 2.05) is 0 Å². The van der Waals surface area contributed by atoms with Gasteiger partial charge in [0.15, 0.2) is 0 Å². The predicted octanol–water partition coefficient (Wildman–Crippen LogP) is 1.32. The molecule has 0 aliphatic heterocycles. The van der Waals surface area contributed by atoms with E-state index in [4.69, 9.17) is 10.8 Å². The number of aromatic hydroxyl groups is 1. The third-order valence-electron chi connectivity index (χ3n) is 1.49. The maximum Gasteiger partial charge on any atom is 0.267 e. The van der Waals surface area contributed by atoms with Gasteiger partial charge in [0.2, 0.25) is 5.95 Å². The standard InChI is InChI=1S/C7H7F3N2O/c8-5-1-3(7(9)10)6(13)4(2-11)12-5/h1,7,13H,2,11H2. The highest BCUT2D eigenvalue weighted by Crippen LogP contribution is 2.30. The number of alkyl halides is 2. The van der Waals surface area contributed by atoms with Crippen LogP contribution in [0, 0.1) is 5.95 Å². The molecule has 72 valence electrons. The van der Waals surface area contributed by atoms with Crippen molar-refractivity contribution in [2.75, 3.05) is 0 Å². The van der Waals surface area contributed by atoms with E-state index in [2.05, 4.69) is 4.98 Å². The Bertz CT molecular complexity index is 317. The fourth-order valence-electron chi connectivity index (χ4n) is 0.886. The molecule has 0 saturated heterocycles. The molecule has 0 amide bonds. The van der Waals surface area contributed by atoms with Crippen LogP contribution in [0.25, 0.3) is 0 Å². The van der Waals surface area contributed by atoms with Crippen LogP contribution in [0.3, 0.4) is 0 Å². The van der Waals surface area contributed by atoms with Crippen molar-refractivity contribution in [2.24, 2.45) is 5.73 Å². The van der Waals surface area contributed by atoms with E-state index in [0.717, 1.165) is 0 Å². The average molecular weight is 192 g/mol. The molecule has 3 nitrogen and oxygen atoms in total. The van der Waals surface area contributed by atoms with Gasteiger partial charge in [-0.3, -0.25) is 0 Å².